The molecule has 1 aliphatic heterocycles. The van der Waals surface area contributed by atoms with Gasteiger partial charge in [0.2, 0.25) is 0 Å². The fourth-order valence-electron chi connectivity index (χ4n) is 2.46. The third kappa shape index (κ3) is 2.32. The smallest absolute Gasteiger partial charge is 0.322 e. The topological polar surface area (TPSA) is 102 Å². The first-order chi connectivity index (χ1) is 10.7. The van der Waals surface area contributed by atoms with Crippen LogP contribution in [-0.2, 0) is 11.2 Å². The van der Waals surface area contributed by atoms with Gasteiger partial charge in [0.05, 0.1) is 0 Å². The highest BCUT2D eigenvalue weighted by molar-refractivity contribution is 6.04. The fourth-order valence-corrected chi connectivity index (χ4v) is 2.46. The summed E-state index contributed by atoms with van der Waals surface area (Å²) >= 11 is 0. The number of carbonyl (C=O) groups excluding carboxylic acids is 2. The highest BCUT2D eigenvalue weighted by atomic mass is 16.2. The van der Waals surface area contributed by atoms with Crippen LogP contribution in [0.4, 0.5) is 4.79 Å². The van der Waals surface area contributed by atoms with Gasteiger partial charge < -0.3 is 5.32 Å². The van der Waals surface area contributed by atoms with Crippen molar-refractivity contribution in [2.24, 2.45) is 0 Å². The number of nitrogens with zero attached hydrogens (tertiary/aromatic N) is 4. The van der Waals surface area contributed by atoms with E-state index in [4.69, 9.17) is 0 Å². The maximum absolute atomic E-state index is 11.7. The maximum atomic E-state index is 11.7. The summed E-state index contributed by atoms with van der Waals surface area (Å²) < 4.78 is 1.66. The Labute approximate surface area is 126 Å². The second kappa shape index (κ2) is 4.90. The van der Waals surface area contributed by atoms with Crippen molar-refractivity contribution in [1.82, 2.24) is 30.4 Å². The minimum absolute atomic E-state index is 0.286. The number of nitrogens with one attached hydrogen (secondary N) is 2. The van der Waals surface area contributed by atoms with Gasteiger partial charge in [0.1, 0.15) is 11.9 Å². The van der Waals surface area contributed by atoms with E-state index in [9.17, 15) is 9.59 Å². The van der Waals surface area contributed by atoms with Gasteiger partial charge in [0.15, 0.2) is 11.6 Å². The van der Waals surface area contributed by atoms with Gasteiger partial charge in [-0.3, -0.25) is 10.1 Å². The minimum Gasteiger partial charge on any atom is -0.326 e. The molecule has 1 aliphatic carbocycles. The first-order valence-electron chi connectivity index (χ1n) is 7.19. The Morgan fingerprint density at radius 2 is 2.14 bits per heavy atom. The number of pyridine rings is 1. The number of imide groups is 1. The number of aromatic nitrogens is 4. The molecule has 3 heterocycles. The third-order valence-corrected chi connectivity index (χ3v) is 3.74. The van der Waals surface area contributed by atoms with Crippen LogP contribution >= 0.6 is 0 Å². The normalized spacial score (nSPS) is 20.8. The van der Waals surface area contributed by atoms with Gasteiger partial charge in [-0.05, 0) is 25.0 Å². The van der Waals surface area contributed by atoms with E-state index in [1.165, 1.54) is 0 Å². The van der Waals surface area contributed by atoms with Crippen LogP contribution in [0.1, 0.15) is 30.4 Å². The van der Waals surface area contributed by atoms with Crippen LogP contribution in [0.3, 0.4) is 0 Å². The molecule has 1 saturated carbocycles. The first kappa shape index (κ1) is 12.9. The zero-order valence-electron chi connectivity index (χ0n) is 11.7. The summed E-state index contributed by atoms with van der Waals surface area (Å²) in [5, 5.41) is 9.34. The first-order valence-corrected chi connectivity index (χ1v) is 7.19. The molecule has 2 aromatic heterocycles. The molecule has 0 bridgehead atoms. The summed E-state index contributed by atoms with van der Waals surface area (Å²) in [7, 11) is 0. The van der Waals surface area contributed by atoms with Crippen LogP contribution in [0.2, 0.25) is 0 Å². The molecule has 8 heteroatoms. The van der Waals surface area contributed by atoms with Crippen molar-refractivity contribution in [3.8, 4) is 5.82 Å². The molecule has 4 rings (SSSR count). The number of hydrogen-bond acceptors (Lipinski definition) is 5. The van der Waals surface area contributed by atoms with Crippen LogP contribution < -0.4 is 10.6 Å². The standard InChI is InChI=1S/C14H14N6O2/c21-13-9(16-14(22)18-13)7-11-17-12(8-4-5-8)19-20(11)10-3-1-2-6-15-10/h1-3,6,8-9H,4-5,7H2,(H2,16,18,21,22)/t9-/m0/s1. The molecular weight excluding hydrogens is 284 g/mol. The highest BCUT2D eigenvalue weighted by Crippen LogP contribution is 2.38. The van der Waals surface area contributed by atoms with Gasteiger partial charge in [-0.2, -0.15) is 4.68 Å². The Kier molecular flexibility index (Phi) is 2.88. The molecule has 1 atom stereocenters. The lowest BCUT2D eigenvalue weighted by Gasteiger charge is -2.07. The zero-order valence-corrected chi connectivity index (χ0v) is 11.7. The van der Waals surface area contributed by atoms with E-state index in [2.05, 4.69) is 25.7 Å². The Bertz CT molecular complexity index is 737. The number of carbonyl (C=O) groups is 2. The molecule has 2 fully saturated rings. The number of amides is 3. The summed E-state index contributed by atoms with van der Waals surface area (Å²) in [6.45, 7) is 0. The van der Waals surface area contributed by atoms with Crippen LogP contribution in [0, 0.1) is 0 Å². The lowest BCUT2D eigenvalue weighted by Crippen LogP contribution is -2.32. The molecule has 8 nitrogen and oxygen atoms in total. The summed E-state index contributed by atoms with van der Waals surface area (Å²) in [5.41, 5.74) is 0. The largest absolute Gasteiger partial charge is 0.326 e. The predicted octanol–water partition coefficient (Wildman–Crippen LogP) is 0.290. The Hall–Kier alpha value is -2.77. The second-order valence-electron chi connectivity index (χ2n) is 5.48. The van der Waals surface area contributed by atoms with E-state index in [-0.39, 0.29) is 12.3 Å². The Morgan fingerprint density at radius 1 is 1.27 bits per heavy atom. The van der Waals surface area contributed by atoms with Crippen LogP contribution in [0.25, 0.3) is 5.82 Å². The number of hydrogen-bond donors (Lipinski definition) is 2. The van der Waals surface area contributed by atoms with E-state index in [1.807, 2.05) is 18.2 Å². The summed E-state index contributed by atoms with van der Waals surface area (Å²) in [6, 6.07) is 4.44. The van der Waals surface area contributed by atoms with E-state index in [0.717, 1.165) is 18.7 Å². The molecule has 0 aromatic carbocycles. The minimum atomic E-state index is -0.619. The van der Waals surface area contributed by atoms with E-state index in [1.54, 1.807) is 10.9 Å². The average molecular weight is 298 g/mol. The highest BCUT2D eigenvalue weighted by Gasteiger charge is 2.33. The second-order valence-corrected chi connectivity index (χ2v) is 5.48. The van der Waals surface area contributed by atoms with Crippen LogP contribution in [0.15, 0.2) is 24.4 Å². The predicted molar refractivity (Wildman–Crippen MR) is 75.3 cm³/mol. The van der Waals surface area contributed by atoms with Gasteiger partial charge in [-0.25, -0.2) is 14.8 Å². The van der Waals surface area contributed by atoms with Crippen molar-refractivity contribution in [1.29, 1.82) is 0 Å². The Balaban J connectivity index is 1.68. The molecule has 2 aliphatic rings. The Morgan fingerprint density at radius 3 is 2.77 bits per heavy atom. The lowest BCUT2D eigenvalue weighted by atomic mass is 10.2. The number of rotatable bonds is 4. The van der Waals surface area contributed by atoms with Crippen molar-refractivity contribution < 1.29 is 9.59 Å². The van der Waals surface area contributed by atoms with Gasteiger partial charge in [-0.1, -0.05) is 6.07 Å². The van der Waals surface area contributed by atoms with Gasteiger partial charge in [0, 0.05) is 18.5 Å². The van der Waals surface area contributed by atoms with Crippen molar-refractivity contribution in [3.63, 3.8) is 0 Å². The van der Waals surface area contributed by atoms with Crippen molar-refractivity contribution in [2.75, 3.05) is 0 Å². The van der Waals surface area contributed by atoms with Gasteiger partial charge in [0.25, 0.3) is 5.91 Å². The van der Waals surface area contributed by atoms with Crippen molar-refractivity contribution in [2.45, 2.75) is 31.2 Å². The quantitative estimate of drug-likeness (QED) is 0.790. The summed E-state index contributed by atoms with van der Waals surface area (Å²) in [4.78, 5) is 31.8. The monoisotopic (exact) mass is 298 g/mol. The molecule has 1 saturated heterocycles. The van der Waals surface area contributed by atoms with Crippen LogP contribution in [0.5, 0.6) is 0 Å². The molecule has 2 N–H and O–H groups in total. The lowest BCUT2D eigenvalue weighted by molar-refractivity contribution is -0.120. The number of urea groups is 1. The molecule has 0 spiro atoms. The molecule has 0 radical (unpaired) electrons. The van der Waals surface area contributed by atoms with E-state index < -0.39 is 12.1 Å². The van der Waals surface area contributed by atoms with Gasteiger partial charge >= 0.3 is 6.03 Å². The molecule has 2 aromatic rings. The third-order valence-electron chi connectivity index (χ3n) is 3.74. The maximum Gasteiger partial charge on any atom is 0.322 e. The molecule has 22 heavy (non-hydrogen) atoms. The molecular formula is C14H14N6O2. The fraction of sp³-hybridized carbons (Fsp3) is 0.357. The van der Waals surface area contributed by atoms with Crippen molar-refractivity contribution in [3.05, 3.63) is 36.0 Å². The summed E-state index contributed by atoms with van der Waals surface area (Å²) in [5.74, 6) is 2.12. The molecule has 0 unspecified atom stereocenters. The summed E-state index contributed by atoms with van der Waals surface area (Å²) in [6.07, 6.45) is 4.15. The molecule has 112 valence electrons. The van der Waals surface area contributed by atoms with Gasteiger partial charge in [-0.15, -0.1) is 5.10 Å². The zero-order chi connectivity index (χ0) is 15.1. The average Bonchev–Trinajstić information content (AvgIpc) is 3.21. The SMILES string of the molecule is O=C1NC(=O)[C@H](Cc2nc(C3CC3)nn2-c2ccccn2)N1. The van der Waals surface area contributed by atoms with Crippen molar-refractivity contribution >= 4 is 11.9 Å². The molecule has 3 amide bonds. The van der Waals surface area contributed by atoms with E-state index >= 15 is 0 Å². The van der Waals surface area contributed by atoms with Crippen LogP contribution in [-0.4, -0.2) is 37.7 Å². The van der Waals surface area contributed by atoms with E-state index in [0.29, 0.717) is 17.6 Å².